The fourth-order valence-electron chi connectivity index (χ4n) is 4.05. The van der Waals surface area contributed by atoms with E-state index in [9.17, 15) is 9.59 Å². The van der Waals surface area contributed by atoms with Crippen LogP contribution in [0.2, 0.25) is 0 Å². The number of pyridine rings is 2. The quantitative estimate of drug-likeness (QED) is 0.184. The summed E-state index contributed by atoms with van der Waals surface area (Å²) in [4.78, 5) is 25.3. The predicted molar refractivity (Wildman–Crippen MR) is 131 cm³/mol. The van der Waals surface area contributed by atoms with E-state index < -0.39 is 0 Å². The second-order valence-electron chi connectivity index (χ2n) is 8.47. The Balaban J connectivity index is 1.22. The highest BCUT2D eigenvalue weighted by Crippen LogP contribution is 2.09. The van der Waals surface area contributed by atoms with Crippen LogP contribution < -0.4 is 9.13 Å². The fraction of sp³-hybridized carbons (Fsp3) is 0.200. The fourth-order valence-corrected chi connectivity index (χ4v) is 4.05. The molecular formula is C30H30N2O2+2. The number of nitrogens with zero attached hydrogens (tertiary/aromatic N) is 2. The Hall–Kier alpha value is -3.92. The molecule has 0 aliphatic heterocycles. The molecule has 0 N–H and O–H groups in total. The third-order valence-electron chi connectivity index (χ3n) is 5.90. The first kappa shape index (κ1) is 23.2. The first-order valence-electron chi connectivity index (χ1n) is 11.9. The standard InChI is InChI=1S/C30H30N2O2/c33-29(25-13-5-3-6-14-25)27-17-11-21-31(23-27)19-9-1-2-10-20-32-22-12-18-28(24-32)30(34)26-15-7-4-8-16-26/h3-8,11-18,21-24H,1-2,9-10,19-20H2/q+2. The minimum Gasteiger partial charge on any atom is -0.288 e. The van der Waals surface area contributed by atoms with Crippen LogP contribution in [-0.4, -0.2) is 11.6 Å². The maximum absolute atomic E-state index is 12.7. The Bertz CT molecular complexity index is 1140. The van der Waals surface area contributed by atoms with Gasteiger partial charge in [-0.15, -0.1) is 0 Å². The predicted octanol–water partition coefficient (Wildman–Crippen LogP) is 4.98. The van der Waals surface area contributed by atoms with Crippen LogP contribution in [0.1, 0.15) is 57.5 Å². The van der Waals surface area contributed by atoms with Gasteiger partial charge in [0.15, 0.2) is 36.4 Å². The summed E-state index contributed by atoms with van der Waals surface area (Å²) >= 11 is 0. The molecule has 4 heteroatoms. The summed E-state index contributed by atoms with van der Waals surface area (Å²) < 4.78 is 4.20. The lowest BCUT2D eigenvalue weighted by atomic mass is 10.1. The molecule has 2 aromatic carbocycles. The molecule has 0 atom stereocenters. The van der Waals surface area contributed by atoms with Crippen LogP contribution in [0, 0.1) is 0 Å². The highest BCUT2D eigenvalue weighted by Gasteiger charge is 2.14. The third kappa shape index (κ3) is 6.32. The Morgan fingerprint density at radius 3 is 1.26 bits per heavy atom. The molecule has 0 aliphatic carbocycles. The summed E-state index contributed by atoms with van der Waals surface area (Å²) in [5.74, 6) is 0.111. The van der Waals surface area contributed by atoms with E-state index in [1.807, 2.05) is 110 Å². The largest absolute Gasteiger partial charge is 0.288 e. The zero-order chi connectivity index (χ0) is 23.6. The van der Waals surface area contributed by atoms with Crippen molar-refractivity contribution in [1.82, 2.24) is 0 Å². The van der Waals surface area contributed by atoms with Gasteiger partial charge in [-0.05, 0) is 25.0 Å². The average Bonchev–Trinajstić information content (AvgIpc) is 2.91. The van der Waals surface area contributed by atoms with Crippen molar-refractivity contribution in [3.05, 3.63) is 132 Å². The lowest BCUT2D eigenvalue weighted by Crippen LogP contribution is -2.34. The monoisotopic (exact) mass is 450 g/mol. The smallest absolute Gasteiger partial charge is 0.199 e. The van der Waals surface area contributed by atoms with Gasteiger partial charge in [0.2, 0.25) is 0 Å². The van der Waals surface area contributed by atoms with E-state index >= 15 is 0 Å². The molecule has 4 aromatic rings. The highest BCUT2D eigenvalue weighted by molar-refractivity contribution is 6.09. The normalized spacial score (nSPS) is 10.7. The summed E-state index contributed by atoms with van der Waals surface area (Å²) in [5.41, 5.74) is 2.87. The molecule has 0 fully saturated rings. The van der Waals surface area contributed by atoms with Gasteiger partial charge in [-0.1, -0.05) is 60.7 Å². The summed E-state index contributed by atoms with van der Waals surface area (Å²) in [5, 5.41) is 0. The van der Waals surface area contributed by atoms with Crippen molar-refractivity contribution in [2.45, 2.75) is 38.8 Å². The SMILES string of the molecule is O=C(c1ccccc1)c1ccc[n+](CCCCCC[n+]2cccc(C(=O)c3ccccc3)c2)c1. The van der Waals surface area contributed by atoms with E-state index in [2.05, 4.69) is 9.13 Å². The Morgan fingerprint density at radius 1 is 0.471 bits per heavy atom. The van der Waals surface area contributed by atoms with Crippen molar-refractivity contribution in [3.8, 4) is 0 Å². The molecule has 2 aromatic heterocycles. The lowest BCUT2D eigenvalue weighted by molar-refractivity contribution is -0.699. The van der Waals surface area contributed by atoms with Crippen LogP contribution in [0.4, 0.5) is 0 Å². The van der Waals surface area contributed by atoms with Crippen molar-refractivity contribution in [3.63, 3.8) is 0 Å². The van der Waals surface area contributed by atoms with Crippen LogP contribution >= 0.6 is 0 Å². The summed E-state index contributed by atoms with van der Waals surface area (Å²) in [7, 11) is 0. The molecule has 0 bridgehead atoms. The molecule has 4 nitrogen and oxygen atoms in total. The average molecular weight is 451 g/mol. The molecule has 0 aliphatic rings. The van der Waals surface area contributed by atoms with Gasteiger partial charge in [0.1, 0.15) is 13.1 Å². The Kier molecular flexibility index (Phi) is 8.07. The molecule has 0 saturated heterocycles. The molecule has 0 amide bonds. The maximum atomic E-state index is 12.7. The molecular weight excluding hydrogens is 420 g/mol. The van der Waals surface area contributed by atoms with Crippen molar-refractivity contribution in [2.24, 2.45) is 0 Å². The minimum absolute atomic E-state index is 0.0555. The number of rotatable bonds is 11. The van der Waals surface area contributed by atoms with Gasteiger partial charge in [-0.3, -0.25) is 9.59 Å². The molecule has 34 heavy (non-hydrogen) atoms. The number of carbonyl (C=O) groups excluding carboxylic acids is 2. The third-order valence-corrected chi connectivity index (χ3v) is 5.90. The van der Waals surface area contributed by atoms with Gasteiger partial charge in [0.25, 0.3) is 0 Å². The van der Waals surface area contributed by atoms with Gasteiger partial charge >= 0.3 is 0 Å². The van der Waals surface area contributed by atoms with Crippen LogP contribution in [0.25, 0.3) is 0 Å². The first-order chi connectivity index (χ1) is 16.7. The number of ketones is 2. The highest BCUT2D eigenvalue weighted by atomic mass is 16.1. The maximum Gasteiger partial charge on any atom is 0.199 e. The van der Waals surface area contributed by atoms with Crippen molar-refractivity contribution >= 4 is 11.6 Å². The Morgan fingerprint density at radius 2 is 0.853 bits per heavy atom. The first-order valence-corrected chi connectivity index (χ1v) is 11.9. The summed E-state index contributed by atoms with van der Waals surface area (Å²) in [6, 6.07) is 26.4. The molecule has 4 rings (SSSR count). The summed E-state index contributed by atoms with van der Waals surface area (Å²) in [6.07, 6.45) is 12.3. The van der Waals surface area contributed by atoms with Gasteiger partial charge in [0.05, 0.1) is 11.1 Å². The zero-order valence-corrected chi connectivity index (χ0v) is 19.3. The number of hydrogen-bond acceptors (Lipinski definition) is 2. The Labute approximate surface area is 201 Å². The van der Waals surface area contributed by atoms with Crippen molar-refractivity contribution < 1.29 is 18.7 Å². The number of carbonyl (C=O) groups is 2. The van der Waals surface area contributed by atoms with Gasteiger partial charge in [-0.25, -0.2) is 9.13 Å². The van der Waals surface area contributed by atoms with Crippen LogP contribution in [0.15, 0.2) is 110 Å². The molecule has 0 spiro atoms. The zero-order valence-electron chi connectivity index (χ0n) is 19.3. The second kappa shape index (κ2) is 11.8. The van der Waals surface area contributed by atoms with Gasteiger partial charge in [0, 0.05) is 36.1 Å². The minimum atomic E-state index is 0.0555. The lowest BCUT2D eigenvalue weighted by Gasteiger charge is -2.03. The van der Waals surface area contributed by atoms with E-state index in [0.29, 0.717) is 11.1 Å². The van der Waals surface area contributed by atoms with Crippen molar-refractivity contribution in [2.75, 3.05) is 0 Å². The van der Waals surface area contributed by atoms with E-state index in [4.69, 9.17) is 0 Å². The molecule has 2 heterocycles. The number of unbranched alkanes of at least 4 members (excludes halogenated alkanes) is 3. The van der Waals surface area contributed by atoms with Crippen LogP contribution in [0.5, 0.6) is 0 Å². The number of benzene rings is 2. The molecule has 0 saturated carbocycles. The van der Waals surface area contributed by atoms with Crippen LogP contribution in [0.3, 0.4) is 0 Å². The van der Waals surface area contributed by atoms with E-state index in [1.165, 1.54) is 0 Å². The van der Waals surface area contributed by atoms with E-state index in [1.54, 1.807) is 0 Å². The van der Waals surface area contributed by atoms with Gasteiger partial charge < -0.3 is 0 Å². The number of aryl methyl sites for hydroxylation is 2. The van der Waals surface area contributed by atoms with E-state index in [-0.39, 0.29) is 11.6 Å². The molecule has 0 unspecified atom stereocenters. The summed E-state index contributed by atoms with van der Waals surface area (Å²) in [6.45, 7) is 1.79. The number of aromatic nitrogens is 2. The van der Waals surface area contributed by atoms with Crippen molar-refractivity contribution in [1.29, 1.82) is 0 Å². The number of hydrogen-bond donors (Lipinski definition) is 0. The topological polar surface area (TPSA) is 41.9 Å². The molecule has 0 radical (unpaired) electrons. The van der Waals surface area contributed by atoms with Gasteiger partial charge in [-0.2, -0.15) is 0 Å². The van der Waals surface area contributed by atoms with E-state index in [0.717, 1.165) is 49.9 Å². The molecule has 170 valence electrons. The van der Waals surface area contributed by atoms with Crippen LogP contribution in [-0.2, 0) is 13.1 Å². The second-order valence-corrected chi connectivity index (χ2v) is 8.47.